The molecular formula is C18H36N2O. The van der Waals surface area contributed by atoms with E-state index in [1.54, 1.807) is 0 Å². The van der Waals surface area contributed by atoms with Crippen molar-refractivity contribution in [2.24, 2.45) is 11.3 Å². The maximum atomic E-state index is 10.8. The maximum Gasteiger partial charge on any atom is 0.0700 e. The highest BCUT2D eigenvalue weighted by atomic mass is 16.3. The highest BCUT2D eigenvalue weighted by molar-refractivity contribution is 4.97. The fourth-order valence-electron chi connectivity index (χ4n) is 4.13. The fraction of sp³-hybridized carbons (Fsp3) is 1.00. The molecule has 0 spiro atoms. The Bertz CT molecular complexity index is 331. The van der Waals surface area contributed by atoms with Gasteiger partial charge >= 0.3 is 0 Å². The van der Waals surface area contributed by atoms with Crippen LogP contribution in [0.25, 0.3) is 0 Å². The van der Waals surface area contributed by atoms with E-state index in [-0.39, 0.29) is 11.0 Å². The summed E-state index contributed by atoms with van der Waals surface area (Å²) in [5, 5.41) is 14.4. The number of likely N-dealkylation sites (tertiary alicyclic amines) is 1. The van der Waals surface area contributed by atoms with Gasteiger partial charge in [0.15, 0.2) is 0 Å². The third kappa shape index (κ3) is 4.20. The molecule has 1 saturated carbocycles. The number of hydrogen-bond donors (Lipinski definition) is 2. The van der Waals surface area contributed by atoms with Crippen LogP contribution in [-0.4, -0.2) is 47.8 Å². The number of aliphatic hydroxyl groups is 1. The summed E-state index contributed by atoms with van der Waals surface area (Å²) in [6.07, 6.45) is 6.94. The van der Waals surface area contributed by atoms with Crippen molar-refractivity contribution in [3.05, 3.63) is 0 Å². The molecule has 0 radical (unpaired) electrons. The van der Waals surface area contributed by atoms with Crippen molar-refractivity contribution in [1.82, 2.24) is 10.2 Å². The van der Waals surface area contributed by atoms with Crippen molar-refractivity contribution >= 4 is 0 Å². The van der Waals surface area contributed by atoms with Crippen LogP contribution in [0.1, 0.15) is 66.2 Å². The molecule has 124 valence electrons. The second-order valence-corrected chi connectivity index (χ2v) is 8.20. The zero-order valence-corrected chi connectivity index (χ0v) is 14.6. The average Bonchev–Trinajstić information content (AvgIpc) is 2.44. The van der Waals surface area contributed by atoms with E-state index in [0.29, 0.717) is 12.0 Å². The second-order valence-electron chi connectivity index (χ2n) is 8.20. The summed E-state index contributed by atoms with van der Waals surface area (Å²) in [7, 11) is 0. The minimum atomic E-state index is -0.342. The lowest BCUT2D eigenvalue weighted by Crippen LogP contribution is -2.56. The SMILES string of the molecule is CCCNC(C)C(C)(C)CN1CCC2(O)CCCCC2C1. The molecule has 3 unspecified atom stereocenters. The van der Waals surface area contributed by atoms with Crippen molar-refractivity contribution in [3.63, 3.8) is 0 Å². The number of piperidine rings is 1. The molecular weight excluding hydrogens is 260 g/mol. The standard InChI is InChI=1S/C18H36N2O/c1-5-11-19-15(2)17(3,4)14-20-12-10-18(21)9-7-6-8-16(18)13-20/h15-16,19,21H,5-14H2,1-4H3. The van der Waals surface area contributed by atoms with Gasteiger partial charge in [0.25, 0.3) is 0 Å². The number of nitrogens with one attached hydrogen (secondary N) is 1. The van der Waals surface area contributed by atoms with Gasteiger partial charge < -0.3 is 15.3 Å². The Hall–Kier alpha value is -0.120. The van der Waals surface area contributed by atoms with Crippen LogP contribution >= 0.6 is 0 Å². The van der Waals surface area contributed by atoms with E-state index < -0.39 is 0 Å². The van der Waals surface area contributed by atoms with Crippen LogP contribution in [0, 0.1) is 11.3 Å². The zero-order chi connectivity index (χ0) is 15.5. The predicted octanol–water partition coefficient (Wildman–Crippen LogP) is 3.03. The summed E-state index contributed by atoms with van der Waals surface area (Å²) in [6, 6.07) is 0.532. The highest BCUT2D eigenvalue weighted by Gasteiger charge is 2.43. The first-order chi connectivity index (χ1) is 9.87. The first kappa shape index (κ1) is 17.2. The lowest BCUT2D eigenvalue weighted by atomic mass is 9.71. The molecule has 21 heavy (non-hydrogen) atoms. The Balaban J connectivity index is 1.88. The second kappa shape index (κ2) is 6.97. The number of nitrogens with zero attached hydrogens (tertiary/aromatic N) is 1. The average molecular weight is 296 g/mol. The lowest BCUT2D eigenvalue weighted by Gasteiger charge is -2.49. The monoisotopic (exact) mass is 296 g/mol. The molecule has 2 N–H and O–H groups in total. The van der Waals surface area contributed by atoms with Gasteiger partial charge in [0, 0.05) is 31.6 Å². The molecule has 0 amide bonds. The molecule has 0 bridgehead atoms. The number of fused-ring (bicyclic) bond motifs is 1. The van der Waals surface area contributed by atoms with Gasteiger partial charge in [-0.1, -0.05) is 33.6 Å². The summed E-state index contributed by atoms with van der Waals surface area (Å²) in [5.41, 5.74) is -0.0652. The number of rotatable bonds is 6. The van der Waals surface area contributed by atoms with E-state index in [0.717, 1.165) is 39.0 Å². The summed E-state index contributed by atoms with van der Waals surface area (Å²) < 4.78 is 0. The molecule has 3 nitrogen and oxygen atoms in total. The largest absolute Gasteiger partial charge is 0.390 e. The van der Waals surface area contributed by atoms with E-state index in [1.165, 1.54) is 25.7 Å². The van der Waals surface area contributed by atoms with Crippen molar-refractivity contribution in [3.8, 4) is 0 Å². The van der Waals surface area contributed by atoms with E-state index in [2.05, 4.69) is 37.9 Å². The van der Waals surface area contributed by atoms with Gasteiger partial charge in [0.05, 0.1) is 5.60 Å². The molecule has 1 heterocycles. The van der Waals surface area contributed by atoms with E-state index in [1.807, 2.05) is 0 Å². The summed E-state index contributed by atoms with van der Waals surface area (Å²) in [5.74, 6) is 0.509. The van der Waals surface area contributed by atoms with Crippen molar-refractivity contribution < 1.29 is 5.11 Å². The third-order valence-corrected chi connectivity index (χ3v) is 6.02. The Kier molecular flexibility index (Phi) is 5.72. The van der Waals surface area contributed by atoms with Gasteiger partial charge in [-0.05, 0) is 44.6 Å². The number of hydrogen-bond acceptors (Lipinski definition) is 3. The summed E-state index contributed by atoms with van der Waals surface area (Å²) in [6.45, 7) is 13.7. The van der Waals surface area contributed by atoms with Gasteiger partial charge in [-0.2, -0.15) is 0 Å². The molecule has 1 aliphatic carbocycles. The first-order valence-corrected chi connectivity index (χ1v) is 9.05. The van der Waals surface area contributed by atoms with Crippen LogP contribution in [0.5, 0.6) is 0 Å². The summed E-state index contributed by atoms with van der Waals surface area (Å²) >= 11 is 0. The van der Waals surface area contributed by atoms with Crippen LogP contribution in [0.2, 0.25) is 0 Å². The van der Waals surface area contributed by atoms with Crippen molar-refractivity contribution in [2.75, 3.05) is 26.2 Å². The minimum absolute atomic E-state index is 0.277. The molecule has 1 aliphatic heterocycles. The van der Waals surface area contributed by atoms with Crippen LogP contribution in [-0.2, 0) is 0 Å². The lowest BCUT2D eigenvalue weighted by molar-refractivity contribution is -0.100. The smallest absolute Gasteiger partial charge is 0.0700 e. The molecule has 2 aliphatic rings. The van der Waals surface area contributed by atoms with Crippen molar-refractivity contribution in [1.29, 1.82) is 0 Å². The van der Waals surface area contributed by atoms with E-state index >= 15 is 0 Å². The van der Waals surface area contributed by atoms with Gasteiger partial charge in [-0.25, -0.2) is 0 Å². The van der Waals surface area contributed by atoms with Crippen LogP contribution in [0.4, 0.5) is 0 Å². The van der Waals surface area contributed by atoms with Gasteiger partial charge in [0.1, 0.15) is 0 Å². The Morgan fingerprint density at radius 2 is 2.10 bits per heavy atom. The van der Waals surface area contributed by atoms with Crippen LogP contribution in [0.15, 0.2) is 0 Å². The molecule has 0 aromatic carbocycles. The van der Waals surface area contributed by atoms with E-state index in [9.17, 15) is 5.11 Å². The Morgan fingerprint density at radius 1 is 1.33 bits per heavy atom. The minimum Gasteiger partial charge on any atom is -0.390 e. The topological polar surface area (TPSA) is 35.5 Å². The van der Waals surface area contributed by atoms with Gasteiger partial charge in [-0.15, -0.1) is 0 Å². The highest BCUT2D eigenvalue weighted by Crippen LogP contribution is 2.40. The van der Waals surface area contributed by atoms with Gasteiger partial charge in [0.2, 0.25) is 0 Å². The molecule has 3 atom stereocenters. The maximum absolute atomic E-state index is 10.8. The Morgan fingerprint density at radius 3 is 2.81 bits per heavy atom. The summed E-state index contributed by atoms with van der Waals surface area (Å²) in [4.78, 5) is 2.61. The van der Waals surface area contributed by atoms with Crippen LogP contribution < -0.4 is 5.32 Å². The normalized spacial score (nSPS) is 32.7. The molecule has 0 aromatic heterocycles. The van der Waals surface area contributed by atoms with E-state index in [4.69, 9.17) is 0 Å². The van der Waals surface area contributed by atoms with Gasteiger partial charge in [-0.3, -0.25) is 0 Å². The quantitative estimate of drug-likeness (QED) is 0.791. The fourth-order valence-corrected chi connectivity index (χ4v) is 4.13. The van der Waals surface area contributed by atoms with Crippen molar-refractivity contribution in [2.45, 2.75) is 77.9 Å². The zero-order valence-electron chi connectivity index (χ0n) is 14.6. The predicted molar refractivity (Wildman–Crippen MR) is 89.5 cm³/mol. The van der Waals surface area contributed by atoms with Crippen LogP contribution in [0.3, 0.4) is 0 Å². The molecule has 2 rings (SSSR count). The Labute approximate surface area is 131 Å². The molecule has 3 heteroatoms. The first-order valence-electron chi connectivity index (χ1n) is 9.05. The molecule has 1 saturated heterocycles. The molecule has 0 aromatic rings. The third-order valence-electron chi connectivity index (χ3n) is 6.02. The molecule has 2 fully saturated rings.